The zero-order chi connectivity index (χ0) is 14.1. The van der Waals surface area contributed by atoms with Crippen LogP contribution in [0, 0.1) is 10.1 Å². The molecular weight excluding hydrogens is 256 g/mol. The number of nitro benzene ring substituents is 1. The van der Waals surface area contributed by atoms with Crippen LogP contribution >= 0.6 is 0 Å². The first-order valence-corrected chi connectivity index (χ1v) is 6.02. The molecule has 0 aromatic heterocycles. The third kappa shape index (κ3) is 1.95. The van der Waals surface area contributed by atoms with E-state index in [-0.39, 0.29) is 11.6 Å². The Morgan fingerprint density at radius 2 is 1.65 bits per heavy atom. The molecule has 0 atom stereocenters. The lowest BCUT2D eigenvalue weighted by atomic mass is 10.1. The van der Waals surface area contributed by atoms with Gasteiger partial charge >= 0.3 is 0 Å². The van der Waals surface area contributed by atoms with E-state index >= 15 is 0 Å². The number of fused-ring (bicyclic) bond motifs is 1. The number of para-hydroxylation sites is 1. The minimum Gasteiger partial charge on any atom is -0.321 e. The Labute approximate surface area is 114 Å². The van der Waals surface area contributed by atoms with Crippen molar-refractivity contribution in [2.45, 2.75) is 0 Å². The first kappa shape index (κ1) is 12.1. The minimum absolute atomic E-state index is 0.0126. The summed E-state index contributed by atoms with van der Waals surface area (Å²) in [5, 5.41) is 13.7. The highest BCUT2D eigenvalue weighted by molar-refractivity contribution is 6.11. The Morgan fingerprint density at radius 3 is 2.40 bits per heavy atom. The molecule has 1 aliphatic heterocycles. The maximum absolute atomic E-state index is 11.8. The molecule has 0 unspecified atom stereocenters. The summed E-state index contributed by atoms with van der Waals surface area (Å²) in [5.74, 6) is -0.189. The van der Waals surface area contributed by atoms with Crippen molar-refractivity contribution in [3.63, 3.8) is 0 Å². The van der Waals surface area contributed by atoms with Crippen LogP contribution in [-0.2, 0) is 0 Å². The van der Waals surface area contributed by atoms with Crippen molar-refractivity contribution in [3.8, 4) is 0 Å². The fraction of sp³-hybridized carbons (Fsp3) is 0. The number of carbonyl (C=O) groups is 1. The average molecular weight is 266 g/mol. The van der Waals surface area contributed by atoms with Gasteiger partial charge in [0, 0.05) is 22.9 Å². The maximum Gasteiger partial charge on any atom is 0.276 e. The topological polar surface area (TPSA) is 72.2 Å². The van der Waals surface area contributed by atoms with Gasteiger partial charge in [-0.15, -0.1) is 0 Å². The predicted molar refractivity (Wildman–Crippen MR) is 74.9 cm³/mol. The van der Waals surface area contributed by atoms with E-state index in [1.807, 2.05) is 12.1 Å². The zero-order valence-electron chi connectivity index (χ0n) is 10.4. The summed E-state index contributed by atoms with van der Waals surface area (Å²) in [6, 6.07) is 13.6. The summed E-state index contributed by atoms with van der Waals surface area (Å²) in [4.78, 5) is 22.4. The smallest absolute Gasteiger partial charge is 0.276 e. The molecule has 0 spiro atoms. The summed E-state index contributed by atoms with van der Waals surface area (Å²) in [5.41, 5.74) is 2.40. The van der Waals surface area contributed by atoms with Gasteiger partial charge in [0.05, 0.1) is 10.5 Å². The normalized spacial score (nSPS) is 15.0. The van der Waals surface area contributed by atoms with Crippen LogP contribution in [0.4, 0.5) is 5.69 Å². The second-order valence-corrected chi connectivity index (χ2v) is 4.37. The molecule has 0 fully saturated rings. The van der Waals surface area contributed by atoms with Crippen LogP contribution in [0.5, 0.6) is 0 Å². The molecule has 3 rings (SSSR count). The number of nitrogens with one attached hydrogen (secondary N) is 1. The molecule has 0 radical (unpaired) electrons. The van der Waals surface area contributed by atoms with E-state index in [2.05, 4.69) is 5.32 Å². The van der Waals surface area contributed by atoms with E-state index in [1.54, 1.807) is 36.4 Å². The van der Waals surface area contributed by atoms with Crippen molar-refractivity contribution in [2.75, 3.05) is 0 Å². The Balaban J connectivity index is 2.12. The molecule has 1 heterocycles. The number of amides is 1. The summed E-state index contributed by atoms with van der Waals surface area (Å²) in [6.07, 6.45) is 1.63. The highest BCUT2D eigenvalue weighted by Crippen LogP contribution is 2.28. The summed E-state index contributed by atoms with van der Waals surface area (Å²) in [7, 11) is 0. The molecule has 2 aromatic carbocycles. The molecule has 0 saturated heterocycles. The number of nitro groups is 1. The molecule has 0 aliphatic carbocycles. The number of benzene rings is 2. The van der Waals surface area contributed by atoms with Crippen LogP contribution in [0.2, 0.25) is 0 Å². The zero-order valence-corrected chi connectivity index (χ0v) is 10.4. The molecule has 20 heavy (non-hydrogen) atoms. The quantitative estimate of drug-likeness (QED) is 0.671. The van der Waals surface area contributed by atoms with E-state index in [9.17, 15) is 14.9 Å². The first-order valence-electron chi connectivity index (χ1n) is 6.02. The molecule has 5 heteroatoms. The van der Waals surface area contributed by atoms with Gasteiger partial charge < -0.3 is 5.32 Å². The third-order valence-corrected chi connectivity index (χ3v) is 3.14. The highest BCUT2D eigenvalue weighted by Gasteiger charge is 2.23. The molecule has 1 N–H and O–H groups in total. The number of rotatable bonds is 2. The van der Waals surface area contributed by atoms with Crippen molar-refractivity contribution in [3.05, 3.63) is 75.3 Å². The van der Waals surface area contributed by atoms with Crippen LogP contribution < -0.4 is 5.32 Å². The molecular formula is C15H10N2O3. The van der Waals surface area contributed by atoms with Gasteiger partial charge in [0.25, 0.3) is 11.6 Å². The van der Waals surface area contributed by atoms with Crippen LogP contribution in [-0.4, -0.2) is 10.8 Å². The van der Waals surface area contributed by atoms with Gasteiger partial charge in [0.2, 0.25) is 0 Å². The van der Waals surface area contributed by atoms with Crippen molar-refractivity contribution in [2.24, 2.45) is 0 Å². The van der Waals surface area contributed by atoms with Crippen LogP contribution in [0.15, 0.2) is 48.5 Å². The van der Waals surface area contributed by atoms with Crippen LogP contribution in [0.1, 0.15) is 21.5 Å². The Kier molecular flexibility index (Phi) is 2.80. The van der Waals surface area contributed by atoms with Gasteiger partial charge in [-0.25, -0.2) is 0 Å². The summed E-state index contributed by atoms with van der Waals surface area (Å²) in [6.45, 7) is 0. The Hall–Kier alpha value is -2.95. The van der Waals surface area contributed by atoms with Crippen molar-refractivity contribution in [1.29, 1.82) is 0 Å². The van der Waals surface area contributed by atoms with Gasteiger partial charge in [0.1, 0.15) is 0 Å². The molecule has 2 aromatic rings. The number of hydrogen-bond acceptors (Lipinski definition) is 3. The molecule has 1 aliphatic rings. The number of nitrogens with zero attached hydrogens (tertiary/aromatic N) is 1. The standard InChI is InChI=1S/C15H10N2O3/c18-15-12-7-3-2-6-11(12)13(16-15)9-10-5-1-4-8-14(10)17(19)20/h1-9H,(H,16,18). The minimum atomic E-state index is -0.435. The van der Waals surface area contributed by atoms with Gasteiger partial charge in [0.15, 0.2) is 0 Å². The number of hydrogen-bond donors (Lipinski definition) is 1. The van der Waals surface area contributed by atoms with Gasteiger partial charge in [-0.05, 0) is 18.2 Å². The van der Waals surface area contributed by atoms with E-state index in [4.69, 9.17) is 0 Å². The fourth-order valence-electron chi connectivity index (χ4n) is 2.22. The molecule has 0 bridgehead atoms. The van der Waals surface area contributed by atoms with E-state index in [1.165, 1.54) is 6.07 Å². The van der Waals surface area contributed by atoms with Crippen LogP contribution in [0.25, 0.3) is 11.8 Å². The van der Waals surface area contributed by atoms with E-state index < -0.39 is 4.92 Å². The lowest BCUT2D eigenvalue weighted by Crippen LogP contribution is -2.12. The first-order chi connectivity index (χ1) is 9.66. The summed E-state index contributed by atoms with van der Waals surface area (Å²) < 4.78 is 0. The van der Waals surface area contributed by atoms with Gasteiger partial charge in [-0.3, -0.25) is 14.9 Å². The van der Waals surface area contributed by atoms with Crippen LogP contribution in [0.3, 0.4) is 0 Å². The average Bonchev–Trinajstić information content (AvgIpc) is 2.76. The lowest BCUT2D eigenvalue weighted by molar-refractivity contribution is -0.385. The Bertz CT molecular complexity index is 750. The monoisotopic (exact) mass is 266 g/mol. The third-order valence-electron chi connectivity index (χ3n) is 3.14. The largest absolute Gasteiger partial charge is 0.321 e. The second kappa shape index (κ2) is 4.62. The van der Waals surface area contributed by atoms with Crippen molar-refractivity contribution < 1.29 is 9.72 Å². The highest BCUT2D eigenvalue weighted by atomic mass is 16.6. The molecule has 0 saturated carbocycles. The van der Waals surface area contributed by atoms with E-state index in [0.29, 0.717) is 16.8 Å². The fourth-order valence-corrected chi connectivity index (χ4v) is 2.22. The number of carbonyl (C=O) groups excluding carboxylic acids is 1. The second-order valence-electron chi connectivity index (χ2n) is 4.37. The van der Waals surface area contributed by atoms with Crippen molar-refractivity contribution in [1.82, 2.24) is 5.32 Å². The Morgan fingerprint density at radius 1 is 1.00 bits per heavy atom. The molecule has 1 amide bonds. The predicted octanol–water partition coefficient (Wildman–Crippen LogP) is 2.84. The molecule has 5 nitrogen and oxygen atoms in total. The van der Waals surface area contributed by atoms with E-state index in [0.717, 1.165) is 5.56 Å². The van der Waals surface area contributed by atoms with Gasteiger partial charge in [-0.1, -0.05) is 30.3 Å². The maximum atomic E-state index is 11.8. The molecule has 98 valence electrons. The van der Waals surface area contributed by atoms with Gasteiger partial charge in [-0.2, -0.15) is 0 Å². The van der Waals surface area contributed by atoms with Crippen molar-refractivity contribution >= 4 is 23.4 Å². The summed E-state index contributed by atoms with van der Waals surface area (Å²) >= 11 is 0. The lowest BCUT2D eigenvalue weighted by Gasteiger charge is -2.01. The SMILES string of the molecule is O=C1NC(=Cc2ccccc2[N+](=O)[O-])c2ccccc21.